The summed E-state index contributed by atoms with van der Waals surface area (Å²) in [5.41, 5.74) is 2.14. The van der Waals surface area contributed by atoms with E-state index in [0.29, 0.717) is 17.5 Å². The Labute approximate surface area is 137 Å². The molecule has 7 heteroatoms. The standard InChI is InChI=1S/C17H17F2N5/c1-10-8-12-15(20-10)22-17(24-6-2-3-7-24)23-16(12)21-11-4-5-13(18)14(19)9-11/h4-5,8-9H,2-3,6-7H2,1H3,(H2,20,21,22,23). The van der Waals surface area contributed by atoms with Crippen molar-refractivity contribution in [3.8, 4) is 0 Å². The van der Waals surface area contributed by atoms with Crippen LogP contribution in [0.1, 0.15) is 18.5 Å². The molecule has 124 valence electrons. The molecule has 3 aromatic rings. The number of aryl methyl sites for hydroxylation is 1. The summed E-state index contributed by atoms with van der Waals surface area (Å²) in [6.45, 7) is 3.80. The van der Waals surface area contributed by atoms with Gasteiger partial charge in [0.1, 0.15) is 11.5 Å². The van der Waals surface area contributed by atoms with Crippen molar-refractivity contribution >= 4 is 28.5 Å². The molecule has 4 rings (SSSR count). The minimum atomic E-state index is -0.893. The summed E-state index contributed by atoms with van der Waals surface area (Å²) in [6.07, 6.45) is 2.24. The first-order chi connectivity index (χ1) is 11.6. The van der Waals surface area contributed by atoms with E-state index in [9.17, 15) is 8.78 Å². The van der Waals surface area contributed by atoms with Gasteiger partial charge in [-0.15, -0.1) is 0 Å². The van der Waals surface area contributed by atoms with Crippen molar-refractivity contribution in [2.45, 2.75) is 19.8 Å². The normalized spacial score (nSPS) is 14.5. The number of rotatable bonds is 3. The van der Waals surface area contributed by atoms with Crippen LogP contribution in [0.2, 0.25) is 0 Å². The van der Waals surface area contributed by atoms with Gasteiger partial charge in [0, 0.05) is 30.5 Å². The van der Waals surface area contributed by atoms with Crippen molar-refractivity contribution in [2.24, 2.45) is 0 Å². The van der Waals surface area contributed by atoms with E-state index in [1.807, 2.05) is 13.0 Å². The monoisotopic (exact) mass is 329 g/mol. The van der Waals surface area contributed by atoms with Gasteiger partial charge in [-0.1, -0.05) is 0 Å². The average molecular weight is 329 g/mol. The lowest BCUT2D eigenvalue weighted by molar-refractivity contribution is 0.509. The molecule has 0 saturated carbocycles. The second kappa shape index (κ2) is 5.74. The fourth-order valence-electron chi connectivity index (χ4n) is 2.99. The van der Waals surface area contributed by atoms with E-state index in [1.165, 1.54) is 6.07 Å². The van der Waals surface area contributed by atoms with Crippen LogP contribution in [-0.4, -0.2) is 28.0 Å². The Morgan fingerprint density at radius 2 is 1.88 bits per heavy atom. The Hall–Kier alpha value is -2.70. The van der Waals surface area contributed by atoms with Crippen LogP contribution in [0, 0.1) is 18.6 Å². The molecule has 1 aliphatic rings. The lowest BCUT2D eigenvalue weighted by Gasteiger charge is -2.16. The van der Waals surface area contributed by atoms with Crippen LogP contribution in [0.25, 0.3) is 11.0 Å². The maximum atomic E-state index is 13.5. The van der Waals surface area contributed by atoms with E-state index in [1.54, 1.807) is 0 Å². The molecular weight excluding hydrogens is 312 g/mol. The molecule has 24 heavy (non-hydrogen) atoms. The summed E-state index contributed by atoms with van der Waals surface area (Å²) in [6, 6.07) is 5.64. The third kappa shape index (κ3) is 2.66. The highest BCUT2D eigenvalue weighted by atomic mass is 19.2. The quantitative estimate of drug-likeness (QED) is 0.765. The smallest absolute Gasteiger partial charge is 0.229 e. The first-order valence-corrected chi connectivity index (χ1v) is 7.94. The number of H-pyrrole nitrogens is 1. The lowest BCUT2D eigenvalue weighted by atomic mass is 10.3. The highest BCUT2D eigenvalue weighted by molar-refractivity contribution is 5.90. The molecular formula is C17H17F2N5. The van der Waals surface area contributed by atoms with Gasteiger partial charge in [-0.2, -0.15) is 9.97 Å². The van der Waals surface area contributed by atoms with Gasteiger partial charge in [0.2, 0.25) is 5.95 Å². The number of hydrogen-bond acceptors (Lipinski definition) is 4. The third-order valence-corrected chi connectivity index (χ3v) is 4.18. The summed E-state index contributed by atoms with van der Waals surface area (Å²) in [5.74, 6) is -0.539. The van der Waals surface area contributed by atoms with Crippen molar-refractivity contribution in [1.29, 1.82) is 0 Å². The zero-order chi connectivity index (χ0) is 16.7. The fraction of sp³-hybridized carbons (Fsp3) is 0.294. The van der Waals surface area contributed by atoms with Gasteiger partial charge >= 0.3 is 0 Å². The second-order valence-corrected chi connectivity index (χ2v) is 6.03. The van der Waals surface area contributed by atoms with Gasteiger partial charge < -0.3 is 15.2 Å². The van der Waals surface area contributed by atoms with Gasteiger partial charge in [0.15, 0.2) is 11.6 Å². The third-order valence-electron chi connectivity index (χ3n) is 4.18. The number of nitrogens with one attached hydrogen (secondary N) is 2. The Morgan fingerprint density at radius 3 is 2.62 bits per heavy atom. The molecule has 5 nitrogen and oxygen atoms in total. The number of nitrogens with zero attached hydrogens (tertiary/aromatic N) is 3. The highest BCUT2D eigenvalue weighted by Crippen LogP contribution is 2.28. The zero-order valence-corrected chi connectivity index (χ0v) is 13.2. The first kappa shape index (κ1) is 14.9. The van der Waals surface area contributed by atoms with Crippen molar-refractivity contribution in [2.75, 3.05) is 23.3 Å². The highest BCUT2D eigenvalue weighted by Gasteiger charge is 2.18. The van der Waals surface area contributed by atoms with Crippen molar-refractivity contribution in [3.05, 3.63) is 41.6 Å². The number of benzene rings is 1. The van der Waals surface area contributed by atoms with E-state index in [-0.39, 0.29) is 0 Å². The lowest BCUT2D eigenvalue weighted by Crippen LogP contribution is -2.20. The number of aromatic amines is 1. The predicted molar refractivity (Wildman–Crippen MR) is 89.7 cm³/mol. The Balaban J connectivity index is 1.78. The van der Waals surface area contributed by atoms with Crippen molar-refractivity contribution in [1.82, 2.24) is 15.0 Å². The number of anilines is 3. The minimum absolute atomic E-state index is 0.445. The second-order valence-electron chi connectivity index (χ2n) is 6.03. The molecule has 1 saturated heterocycles. The van der Waals surface area contributed by atoms with Crippen LogP contribution in [0.3, 0.4) is 0 Å². The molecule has 0 atom stereocenters. The topological polar surface area (TPSA) is 56.8 Å². The molecule has 0 amide bonds. The Morgan fingerprint density at radius 1 is 1.08 bits per heavy atom. The molecule has 1 fully saturated rings. The number of hydrogen-bond donors (Lipinski definition) is 2. The number of halogens is 2. The van der Waals surface area contributed by atoms with Crippen LogP contribution < -0.4 is 10.2 Å². The van der Waals surface area contributed by atoms with Crippen LogP contribution in [-0.2, 0) is 0 Å². The Bertz CT molecular complexity index is 899. The first-order valence-electron chi connectivity index (χ1n) is 7.94. The van der Waals surface area contributed by atoms with Crippen LogP contribution in [0.5, 0.6) is 0 Å². The molecule has 3 heterocycles. The summed E-state index contributed by atoms with van der Waals surface area (Å²) in [4.78, 5) is 14.6. The molecule has 0 spiro atoms. The SMILES string of the molecule is Cc1cc2c(Nc3ccc(F)c(F)c3)nc(N3CCCC3)nc2[nH]1. The minimum Gasteiger partial charge on any atom is -0.343 e. The van der Waals surface area contributed by atoms with E-state index in [2.05, 4.69) is 25.2 Å². The van der Waals surface area contributed by atoms with Gasteiger partial charge in [-0.3, -0.25) is 0 Å². The number of fused-ring (bicyclic) bond motifs is 1. The van der Waals surface area contributed by atoms with Crippen molar-refractivity contribution < 1.29 is 8.78 Å². The van der Waals surface area contributed by atoms with E-state index < -0.39 is 11.6 Å². The zero-order valence-electron chi connectivity index (χ0n) is 13.2. The average Bonchev–Trinajstić information content (AvgIpc) is 3.19. The molecule has 2 N–H and O–H groups in total. The molecule has 0 bridgehead atoms. The maximum absolute atomic E-state index is 13.5. The van der Waals surface area contributed by atoms with Gasteiger partial charge in [-0.25, -0.2) is 8.78 Å². The van der Waals surface area contributed by atoms with Crippen LogP contribution in [0.4, 0.5) is 26.2 Å². The van der Waals surface area contributed by atoms with Gasteiger partial charge in [0.25, 0.3) is 0 Å². The maximum Gasteiger partial charge on any atom is 0.229 e. The largest absolute Gasteiger partial charge is 0.343 e. The fourth-order valence-corrected chi connectivity index (χ4v) is 2.99. The Kier molecular flexibility index (Phi) is 3.55. The molecule has 2 aromatic heterocycles. The summed E-state index contributed by atoms with van der Waals surface area (Å²) in [7, 11) is 0. The molecule has 0 aliphatic carbocycles. The molecule has 0 radical (unpaired) electrons. The summed E-state index contributed by atoms with van der Waals surface area (Å²) >= 11 is 0. The predicted octanol–water partition coefficient (Wildman–Crippen LogP) is 3.89. The van der Waals surface area contributed by atoms with Crippen LogP contribution >= 0.6 is 0 Å². The van der Waals surface area contributed by atoms with Gasteiger partial charge in [-0.05, 0) is 38.0 Å². The van der Waals surface area contributed by atoms with Crippen molar-refractivity contribution in [3.63, 3.8) is 0 Å². The van der Waals surface area contributed by atoms with E-state index in [4.69, 9.17) is 0 Å². The molecule has 1 aromatic carbocycles. The molecule has 0 unspecified atom stereocenters. The van der Waals surface area contributed by atoms with E-state index >= 15 is 0 Å². The number of aromatic nitrogens is 3. The van der Waals surface area contributed by atoms with Crippen LogP contribution in [0.15, 0.2) is 24.3 Å². The molecule has 1 aliphatic heterocycles. The summed E-state index contributed by atoms with van der Waals surface area (Å²) in [5, 5.41) is 3.91. The summed E-state index contributed by atoms with van der Waals surface area (Å²) < 4.78 is 26.6. The van der Waals surface area contributed by atoms with Gasteiger partial charge in [0.05, 0.1) is 5.39 Å². The van der Waals surface area contributed by atoms with E-state index in [0.717, 1.165) is 54.8 Å².